The van der Waals surface area contributed by atoms with Crippen LogP contribution in [0.15, 0.2) is 60.7 Å². The molecule has 0 aliphatic rings. The van der Waals surface area contributed by atoms with Crippen molar-refractivity contribution in [1.82, 2.24) is 5.32 Å². The minimum Gasteiger partial charge on any atom is -0.309 e. The third-order valence-electron chi connectivity index (χ3n) is 3.52. The minimum absolute atomic E-state index is 0.263. The van der Waals surface area contributed by atoms with Gasteiger partial charge in [0.05, 0.1) is 0 Å². The molecule has 0 aliphatic carbocycles. The summed E-state index contributed by atoms with van der Waals surface area (Å²) in [5, 5.41) is 6.37. The zero-order valence-electron chi connectivity index (χ0n) is 11.4. The molecule has 0 saturated carbocycles. The van der Waals surface area contributed by atoms with Crippen molar-refractivity contribution >= 4 is 22.4 Å². The Morgan fingerprint density at radius 1 is 0.857 bits per heavy atom. The Hall–Kier alpha value is -1.90. The number of nitrogens with one attached hydrogen (secondary N) is 1. The molecule has 0 unspecified atom stereocenters. The van der Waals surface area contributed by atoms with Crippen LogP contribution in [0.2, 0.25) is 5.02 Å². The Kier molecular flexibility index (Phi) is 4.18. The highest BCUT2D eigenvalue weighted by Crippen LogP contribution is 2.19. The van der Waals surface area contributed by atoms with Gasteiger partial charge in [-0.15, -0.1) is 0 Å². The molecule has 1 nitrogen and oxygen atoms in total. The molecule has 3 rings (SSSR count). The zero-order chi connectivity index (χ0) is 14.7. The summed E-state index contributed by atoms with van der Waals surface area (Å²) in [5.41, 5.74) is 2.00. The molecule has 21 heavy (non-hydrogen) atoms. The van der Waals surface area contributed by atoms with Crippen molar-refractivity contribution in [2.45, 2.75) is 13.1 Å². The molecule has 0 radical (unpaired) electrons. The van der Waals surface area contributed by atoms with Gasteiger partial charge in [0, 0.05) is 18.1 Å². The Morgan fingerprint density at radius 2 is 1.62 bits per heavy atom. The maximum atomic E-state index is 13.2. The second kappa shape index (κ2) is 6.25. The zero-order valence-corrected chi connectivity index (χ0v) is 12.2. The first-order valence-electron chi connectivity index (χ1n) is 6.85. The van der Waals surface area contributed by atoms with Crippen molar-refractivity contribution in [1.29, 1.82) is 0 Å². The molecular formula is C18H15ClFN. The van der Waals surface area contributed by atoms with Crippen LogP contribution >= 0.6 is 11.6 Å². The largest absolute Gasteiger partial charge is 0.309 e. The number of benzene rings is 3. The van der Waals surface area contributed by atoms with Gasteiger partial charge in [-0.3, -0.25) is 0 Å². The summed E-state index contributed by atoms with van der Waals surface area (Å²) >= 11 is 6.07. The van der Waals surface area contributed by atoms with Crippen molar-refractivity contribution in [3.63, 3.8) is 0 Å². The second-order valence-electron chi connectivity index (χ2n) is 4.98. The predicted molar refractivity (Wildman–Crippen MR) is 85.9 cm³/mol. The predicted octanol–water partition coefficient (Wildman–Crippen LogP) is 4.92. The topological polar surface area (TPSA) is 12.0 Å². The van der Waals surface area contributed by atoms with E-state index in [1.54, 1.807) is 6.07 Å². The molecule has 0 saturated heterocycles. The summed E-state index contributed by atoms with van der Waals surface area (Å²) in [6, 6.07) is 19.0. The van der Waals surface area contributed by atoms with Crippen LogP contribution in [0.1, 0.15) is 11.1 Å². The Bertz CT molecular complexity index is 765. The number of halogens is 2. The molecule has 0 heterocycles. The Balaban J connectivity index is 1.74. The minimum atomic E-state index is -0.263. The van der Waals surface area contributed by atoms with Crippen LogP contribution < -0.4 is 5.32 Å². The highest BCUT2D eigenvalue weighted by Gasteiger charge is 2.03. The van der Waals surface area contributed by atoms with Gasteiger partial charge < -0.3 is 5.32 Å². The van der Waals surface area contributed by atoms with E-state index in [0.717, 1.165) is 5.56 Å². The van der Waals surface area contributed by atoms with Crippen molar-refractivity contribution < 1.29 is 4.39 Å². The Labute approximate surface area is 128 Å². The highest BCUT2D eigenvalue weighted by molar-refractivity contribution is 6.31. The van der Waals surface area contributed by atoms with Crippen molar-refractivity contribution in [3.05, 3.63) is 82.6 Å². The number of hydrogen-bond donors (Lipinski definition) is 1. The van der Waals surface area contributed by atoms with Gasteiger partial charge in [-0.1, -0.05) is 54.1 Å². The van der Waals surface area contributed by atoms with Gasteiger partial charge >= 0.3 is 0 Å². The van der Waals surface area contributed by atoms with E-state index in [4.69, 9.17) is 11.6 Å². The summed E-state index contributed by atoms with van der Waals surface area (Å²) in [4.78, 5) is 0. The quantitative estimate of drug-likeness (QED) is 0.721. The lowest BCUT2D eigenvalue weighted by Gasteiger charge is -2.09. The number of hydrogen-bond acceptors (Lipinski definition) is 1. The molecule has 0 aromatic heterocycles. The van der Waals surface area contributed by atoms with E-state index < -0.39 is 0 Å². The van der Waals surface area contributed by atoms with E-state index >= 15 is 0 Å². The molecule has 1 N–H and O–H groups in total. The van der Waals surface area contributed by atoms with Crippen LogP contribution in [0.25, 0.3) is 10.8 Å². The molecule has 0 aliphatic heterocycles. The van der Waals surface area contributed by atoms with Crippen molar-refractivity contribution in [2.75, 3.05) is 0 Å². The average Bonchev–Trinajstić information content (AvgIpc) is 2.51. The summed E-state index contributed by atoms with van der Waals surface area (Å²) < 4.78 is 13.2. The third kappa shape index (κ3) is 3.23. The highest BCUT2D eigenvalue weighted by atomic mass is 35.5. The Morgan fingerprint density at radius 3 is 2.52 bits per heavy atom. The van der Waals surface area contributed by atoms with E-state index in [2.05, 4.69) is 35.6 Å². The van der Waals surface area contributed by atoms with Gasteiger partial charge in [0.2, 0.25) is 0 Å². The molecule has 3 heteroatoms. The van der Waals surface area contributed by atoms with Crippen LogP contribution in [-0.2, 0) is 13.1 Å². The molecule has 3 aromatic rings. The van der Waals surface area contributed by atoms with E-state index in [9.17, 15) is 4.39 Å². The van der Waals surface area contributed by atoms with Crippen LogP contribution in [0.3, 0.4) is 0 Å². The maximum Gasteiger partial charge on any atom is 0.123 e. The molecular weight excluding hydrogens is 285 g/mol. The summed E-state index contributed by atoms with van der Waals surface area (Å²) in [6.45, 7) is 1.26. The molecule has 0 fully saturated rings. The maximum absolute atomic E-state index is 13.2. The van der Waals surface area contributed by atoms with Crippen LogP contribution in [0.5, 0.6) is 0 Å². The smallest absolute Gasteiger partial charge is 0.123 e. The van der Waals surface area contributed by atoms with E-state index in [0.29, 0.717) is 18.1 Å². The lowest BCUT2D eigenvalue weighted by atomic mass is 10.0. The normalized spacial score (nSPS) is 11.0. The molecule has 106 valence electrons. The van der Waals surface area contributed by atoms with Gasteiger partial charge in [-0.25, -0.2) is 4.39 Å². The molecule has 3 aromatic carbocycles. The van der Waals surface area contributed by atoms with Crippen LogP contribution in [0.4, 0.5) is 4.39 Å². The van der Waals surface area contributed by atoms with Crippen molar-refractivity contribution in [3.8, 4) is 0 Å². The van der Waals surface area contributed by atoms with Gasteiger partial charge in [0.25, 0.3) is 0 Å². The fourth-order valence-corrected chi connectivity index (χ4v) is 2.64. The fourth-order valence-electron chi connectivity index (χ4n) is 2.46. The van der Waals surface area contributed by atoms with Crippen LogP contribution in [-0.4, -0.2) is 0 Å². The first-order chi connectivity index (χ1) is 10.2. The first kappa shape index (κ1) is 14.1. The van der Waals surface area contributed by atoms with Gasteiger partial charge in [-0.05, 0) is 40.1 Å². The fraction of sp³-hybridized carbons (Fsp3) is 0.111. The van der Waals surface area contributed by atoms with Gasteiger partial charge in [0.15, 0.2) is 0 Å². The van der Waals surface area contributed by atoms with E-state index in [1.807, 2.05) is 12.1 Å². The molecule has 0 spiro atoms. The monoisotopic (exact) mass is 299 g/mol. The lowest BCUT2D eigenvalue weighted by molar-refractivity contribution is 0.620. The standard InChI is InChI=1S/C18H15ClFN/c19-18-9-8-16(20)10-15(18)12-21-11-14-6-3-5-13-4-1-2-7-17(13)14/h1-10,21H,11-12H2. The van der Waals surface area contributed by atoms with Crippen LogP contribution in [0, 0.1) is 5.82 Å². The van der Waals surface area contributed by atoms with Gasteiger partial charge in [-0.2, -0.15) is 0 Å². The number of fused-ring (bicyclic) bond motifs is 1. The average molecular weight is 300 g/mol. The molecule has 0 bridgehead atoms. The van der Waals surface area contributed by atoms with E-state index in [1.165, 1.54) is 28.5 Å². The summed E-state index contributed by atoms with van der Waals surface area (Å²) in [5.74, 6) is -0.263. The second-order valence-corrected chi connectivity index (χ2v) is 5.38. The molecule has 0 amide bonds. The first-order valence-corrected chi connectivity index (χ1v) is 7.23. The summed E-state index contributed by atoms with van der Waals surface area (Å²) in [7, 11) is 0. The van der Waals surface area contributed by atoms with Gasteiger partial charge in [0.1, 0.15) is 5.82 Å². The molecule has 0 atom stereocenters. The third-order valence-corrected chi connectivity index (χ3v) is 3.89. The number of rotatable bonds is 4. The summed E-state index contributed by atoms with van der Waals surface area (Å²) in [6.07, 6.45) is 0. The van der Waals surface area contributed by atoms with E-state index in [-0.39, 0.29) is 5.82 Å². The van der Waals surface area contributed by atoms with Crippen molar-refractivity contribution in [2.24, 2.45) is 0 Å². The lowest BCUT2D eigenvalue weighted by Crippen LogP contribution is -2.13. The SMILES string of the molecule is Fc1ccc(Cl)c(CNCc2cccc3ccccc23)c1.